The zero-order valence-electron chi connectivity index (χ0n) is 8.90. The molecule has 3 nitrogen and oxygen atoms in total. The molecule has 0 amide bonds. The second-order valence-electron chi connectivity index (χ2n) is 3.59. The lowest BCUT2D eigenvalue weighted by atomic mass is 10.1. The molecular formula is C12H16N2O. The fourth-order valence-corrected chi connectivity index (χ4v) is 2.08. The maximum Gasteiger partial charge on any atom is 0.0833 e. The van der Waals surface area contributed by atoms with Crippen LogP contribution in [0.2, 0.25) is 0 Å². The van der Waals surface area contributed by atoms with Crippen LogP contribution in [0, 0.1) is 0 Å². The highest BCUT2D eigenvalue weighted by molar-refractivity contribution is 5.84. The number of fused-ring (bicyclic) bond motifs is 1. The van der Waals surface area contributed by atoms with Gasteiger partial charge in [-0.3, -0.25) is 0 Å². The lowest BCUT2D eigenvalue weighted by Crippen LogP contribution is -2.00. The molecule has 0 spiro atoms. The number of aryl methyl sites for hydroxylation is 1. The highest BCUT2D eigenvalue weighted by Gasteiger charge is 2.08. The van der Waals surface area contributed by atoms with E-state index in [1.54, 1.807) is 0 Å². The number of benzene rings is 1. The molecule has 2 aromatic rings. The van der Waals surface area contributed by atoms with Crippen molar-refractivity contribution in [2.24, 2.45) is 5.73 Å². The molecule has 0 fully saturated rings. The average Bonchev–Trinajstić information content (AvgIpc) is 2.66. The largest absolute Gasteiger partial charge is 0.390 e. The number of aliphatic hydroxyl groups is 1. The van der Waals surface area contributed by atoms with E-state index in [9.17, 15) is 5.11 Å². The fraction of sp³-hybridized carbons (Fsp3) is 0.333. The first-order chi connectivity index (χ1) is 7.31. The highest BCUT2D eigenvalue weighted by Crippen LogP contribution is 2.23. The first kappa shape index (κ1) is 10.2. The van der Waals surface area contributed by atoms with E-state index >= 15 is 0 Å². The van der Waals surface area contributed by atoms with E-state index in [1.165, 1.54) is 0 Å². The minimum atomic E-state index is 0.0759. The predicted molar refractivity (Wildman–Crippen MR) is 61.4 cm³/mol. The SMILES string of the molecule is CCn1c(CO)cc2c(CN)cccc21. The standard InChI is InChI=1S/C12H16N2O/c1-2-14-10(8-15)6-11-9(7-13)4-3-5-12(11)14/h3-6,15H,2,7-8,13H2,1H3. The quantitative estimate of drug-likeness (QED) is 0.798. The van der Waals surface area contributed by atoms with Gasteiger partial charge in [0.15, 0.2) is 0 Å². The summed E-state index contributed by atoms with van der Waals surface area (Å²) in [6.45, 7) is 3.56. The van der Waals surface area contributed by atoms with Crippen molar-refractivity contribution in [3.05, 3.63) is 35.5 Å². The van der Waals surface area contributed by atoms with Crippen LogP contribution in [0.25, 0.3) is 10.9 Å². The molecule has 3 N–H and O–H groups in total. The van der Waals surface area contributed by atoms with E-state index in [1.807, 2.05) is 18.2 Å². The number of rotatable bonds is 3. The van der Waals surface area contributed by atoms with Crippen LogP contribution in [-0.4, -0.2) is 9.67 Å². The molecule has 0 radical (unpaired) electrons. The van der Waals surface area contributed by atoms with E-state index < -0.39 is 0 Å². The van der Waals surface area contributed by atoms with Crippen LogP contribution in [0.4, 0.5) is 0 Å². The molecule has 1 aromatic heterocycles. The summed E-state index contributed by atoms with van der Waals surface area (Å²) in [5, 5.41) is 10.4. The molecule has 3 heteroatoms. The van der Waals surface area contributed by atoms with Crippen LogP contribution in [0.5, 0.6) is 0 Å². The van der Waals surface area contributed by atoms with Gasteiger partial charge in [-0.1, -0.05) is 12.1 Å². The summed E-state index contributed by atoms with van der Waals surface area (Å²) in [7, 11) is 0. The lowest BCUT2D eigenvalue weighted by Gasteiger charge is -2.05. The van der Waals surface area contributed by atoms with Crippen LogP contribution < -0.4 is 5.73 Å². The summed E-state index contributed by atoms with van der Waals surface area (Å²) in [5.74, 6) is 0. The Kier molecular flexibility index (Phi) is 2.75. The van der Waals surface area contributed by atoms with Crippen LogP contribution >= 0.6 is 0 Å². The van der Waals surface area contributed by atoms with Gasteiger partial charge in [0.25, 0.3) is 0 Å². The average molecular weight is 204 g/mol. The van der Waals surface area contributed by atoms with Gasteiger partial charge in [0.05, 0.1) is 6.61 Å². The molecule has 80 valence electrons. The molecule has 2 rings (SSSR count). The molecule has 0 aliphatic carbocycles. The third-order valence-corrected chi connectivity index (χ3v) is 2.82. The van der Waals surface area contributed by atoms with Gasteiger partial charge in [0, 0.05) is 29.7 Å². The van der Waals surface area contributed by atoms with Gasteiger partial charge in [-0.2, -0.15) is 0 Å². The molecule has 15 heavy (non-hydrogen) atoms. The number of nitrogens with two attached hydrogens (primary N) is 1. The van der Waals surface area contributed by atoms with Crippen molar-refractivity contribution < 1.29 is 5.11 Å². The molecule has 0 saturated heterocycles. The summed E-state index contributed by atoms with van der Waals surface area (Å²) < 4.78 is 2.12. The normalized spacial score (nSPS) is 11.1. The maximum atomic E-state index is 9.26. The molecule has 0 saturated carbocycles. The molecule has 0 aliphatic heterocycles. The highest BCUT2D eigenvalue weighted by atomic mass is 16.3. The van der Waals surface area contributed by atoms with Gasteiger partial charge in [0.1, 0.15) is 0 Å². The van der Waals surface area contributed by atoms with Crippen molar-refractivity contribution in [2.75, 3.05) is 0 Å². The molecule has 1 aromatic carbocycles. The van der Waals surface area contributed by atoms with Crippen molar-refractivity contribution in [1.82, 2.24) is 4.57 Å². The Hall–Kier alpha value is -1.32. The third-order valence-electron chi connectivity index (χ3n) is 2.82. The van der Waals surface area contributed by atoms with Crippen LogP contribution in [0.1, 0.15) is 18.2 Å². The monoisotopic (exact) mass is 204 g/mol. The number of aromatic nitrogens is 1. The fourth-order valence-electron chi connectivity index (χ4n) is 2.08. The van der Waals surface area contributed by atoms with E-state index in [0.29, 0.717) is 6.54 Å². The third kappa shape index (κ3) is 1.54. The summed E-state index contributed by atoms with van der Waals surface area (Å²) in [5.41, 5.74) is 8.93. The molecule has 0 aliphatic rings. The second-order valence-corrected chi connectivity index (χ2v) is 3.59. The molecule has 0 unspecified atom stereocenters. The number of hydrogen-bond acceptors (Lipinski definition) is 2. The van der Waals surface area contributed by atoms with Gasteiger partial charge in [-0.25, -0.2) is 0 Å². The summed E-state index contributed by atoms with van der Waals surface area (Å²) >= 11 is 0. The topological polar surface area (TPSA) is 51.2 Å². The summed E-state index contributed by atoms with van der Waals surface area (Å²) in [4.78, 5) is 0. The van der Waals surface area contributed by atoms with Gasteiger partial charge < -0.3 is 15.4 Å². The minimum Gasteiger partial charge on any atom is -0.390 e. The Labute approximate surface area is 89.1 Å². The van der Waals surface area contributed by atoms with Gasteiger partial charge in [-0.15, -0.1) is 0 Å². The van der Waals surface area contributed by atoms with Crippen molar-refractivity contribution in [2.45, 2.75) is 26.6 Å². The van der Waals surface area contributed by atoms with E-state index in [2.05, 4.69) is 17.6 Å². The van der Waals surface area contributed by atoms with Crippen LogP contribution in [0.3, 0.4) is 0 Å². The molecule has 0 bridgehead atoms. The molecule has 0 atom stereocenters. The smallest absolute Gasteiger partial charge is 0.0833 e. The maximum absolute atomic E-state index is 9.26. The van der Waals surface area contributed by atoms with Crippen molar-refractivity contribution >= 4 is 10.9 Å². The Morgan fingerprint density at radius 2 is 2.20 bits per heavy atom. The van der Waals surface area contributed by atoms with Crippen molar-refractivity contribution in [1.29, 1.82) is 0 Å². The zero-order chi connectivity index (χ0) is 10.8. The Balaban J connectivity index is 2.75. The molecule has 1 heterocycles. The minimum absolute atomic E-state index is 0.0759. The number of hydrogen-bond donors (Lipinski definition) is 2. The zero-order valence-corrected chi connectivity index (χ0v) is 8.90. The molecular weight excluding hydrogens is 188 g/mol. The van der Waals surface area contributed by atoms with E-state index in [-0.39, 0.29) is 6.61 Å². The first-order valence-corrected chi connectivity index (χ1v) is 5.22. The Morgan fingerprint density at radius 1 is 1.40 bits per heavy atom. The predicted octanol–water partition coefficient (Wildman–Crippen LogP) is 1.61. The summed E-state index contributed by atoms with van der Waals surface area (Å²) in [6, 6.07) is 8.14. The summed E-state index contributed by atoms with van der Waals surface area (Å²) in [6.07, 6.45) is 0. The van der Waals surface area contributed by atoms with Gasteiger partial charge >= 0.3 is 0 Å². The van der Waals surface area contributed by atoms with E-state index in [0.717, 1.165) is 28.7 Å². The van der Waals surface area contributed by atoms with Crippen molar-refractivity contribution in [3.63, 3.8) is 0 Å². The van der Waals surface area contributed by atoms with Crippen LogP contribution in [-0.2, 0) is 19.7 Å². The van der Waals surface area contributed by atoms with Crippen LogP contribution in [0.15, 0.2) is 24.3 Å². The van der Waals surface area contributed by atoms with Gasteiger partial charge in [0.2, 0.25) is 0 Å². The lowest BCUT2D eigenvalue weighted by molar-refractivity contribution is 0.272. The second kappa shape index (κ2) is 4.04. The van der Waals surface area contributed by atoms with Gasteiger partial charge in [-0.05, 0) is 24.6 Å². The Morgan fingerprint density at radius 3 is 2.80 bits per heavy atom. The Bertz CT molecular complexity index is 474. The number of nitrogens with zero attached hydrogens (tertiary/aromatic N) is 1. The first-order valence-electron chi connectivity index (χ1n) is 5.22. The van der Waals surface area contributed by atoms with E-state index in [4.69, 9.17) is 5.73 Å². The van der Waals surface area contributed by atoms with Crippen molar-refractivity contribution in [3.8, 4) is 0 Å². The number of aliphatic hydroxyl groups excluding tert-OH is 1.